The monoisotopic (exact) mass is 315 g/mol. The SMILES string of the molecule is N#Cc1ccc(C(F)(F)F)nc1Nc1cc(F)ccc1Cl. The zero-order valence-corrected chi connectivity index (χ0v) is 10.9. The number of benzene rings is 1. The Balaban J connectivity index is 2.47. The Bertz CT molecular complexity index is 722. The van der Waals surface area contributed by atoms with Crippen LogP contribution in [0.2, 0.25) is 5.02 Å². The molecular formula is C13H6ClF4N3. The highest BCUT2D eigenvalue weighted by molar-refractivity contribution is 6.33. The van der Waals surface area contributed by atoms with Gasteiger partial charge in [-0.2, -0.15) is 18.4 Å². The van der Waals surface area contributed by atoms with Crippen molar-refractivity contribution in [3.05, 3.63) is 52.4 Å². The van der Waals surface area contributed by atoms with Gasteiger partial charge >= 0.3 is 6.18 Å². The molecule has 21 heavy (non-hydrogen) atoms. The summed E-state index contributed by atoms with van der Waals surface area (Å²) in [5, 5.41) is 11.4. The van der Waals surface area contributed by atoms with Gasteiger partial charge in [0.1, 0.15) is 23.4 Å². The molecule has 1 heterocycles. The molecule has 0 radical (unpaired) electrons. The Morgan fingerprint density at radius 2 is 1.90 bits per heavy atom. The van der Waals surface area contributed by atoms with Gasteiger partial charge in [0.25, 0.3) is 0 Å². The van der Waals surface area contributed by atoms with Gasteiger partial charge in [-0.05, 0) is 30.3 Å². The number of nitrogens with one attached hydrogen (secondary N) is 1. The number of rotatable bonds is 2. The van der Waals surface area contributed by atoms with Crippen LogP contribution in [0.1, 0.15) is 11.3 Å². The van der Waals surface area contributed by atoms with E-state index in [9.17, 15) is 17.6 Å². The fourth-order valence-corrected chi connectivity index (χ4v) is 1.69. The lowest BCUT2D eigenvalue weighted by Crippen LogP contribution is -2.10. The van der Waals surface area contributed by atoms with E-state index in [0.29, 0.717) is 6.07 Å². The van der Waals surface area contributed by atoms with Crippen molar-refractivity contribution in [2.24, 2.45) is 0 Å². The van der Waals surface area contributed by atoms with Crippen molar-refractivity contribution < 1.29 is 17.6 Å². The number of anilines is 2. The van der Waals surface area contributed by atoms with E-state index in [2.05, 4.69) is 10.3 Å². The van der Waals surface area contributed by atoms with Crippen LogP contribution < -0.4 is 5.32 Å². The highest BCUT2D eigenvalue weighted by Gasteiger charge is 2.33. The molecule has 2 aromatic rings. The van der Waals surface area contributed by atoms with Crippen LogP contribution in [0.25, 0.3) is 0 Å². The van der Waals surface area contributed by atoms with Crippen molar-refractivity contribution in [3.63, 3.8) is 0 Å². The minimum Gasteiger partial charge on any atom is -0.338 e. The molecule has 0 unspecified atom stereocenters. The first-order valence-corrected chi connectivity index (χ1v) is 5.89. The second kappa shape index (κ2) is 5.58. The fourth-order valence-electron chi connectivity index (χ4n) is 1.52. The van der Waals surface area contributed by atoms with Crippen molar-refractivity contribution in [3.8, 4) is 6.07 Å². The van der Waals surface area contributed by atoms with Crippen LogP contribution in [0.15, 0.2) is 30.3 Å². The Kier molecular flexibility index (Phi) is 4.00. The van der Waals surface area contributed by atoms with Crippen molar-refractivity contribution in [2.45, 2.75) is 6.18 Å². The van der Waals surface area contributed by atoms with Gasteiger partial charge in [0.15, 0.2) is 0 Å². The standard InChI is InChI=1S/C13H6ClF4N3/c14-9-3-2-8(15)5-10(9)20-12-7(6-19)1-4-11(21-12)13(16,17)18/h1-5H,(H,20,21). The molecule has 0 aliphatic heterocycles. The number of nitrogens with zero attached hydrogens (tertiary/aromatic N) is 2. The largest absolute Gasteiger partial charge is 0.433 e. The Morgan fingerprint density at radius 1 is 1.19 bits per heavy atom. The first-order chi connectivity index (χ1) is 9.81. The molecule has 3 nitrogen and oxygen atoms in total. The molecule has 8 heteroatoms. The van der Waals surface area contributed by atoms with E-state index in [-0.39, 0.29) is 22.1 Å². The summed E-state index contributed by atoms with van der Waals surface area (Å²) in [7, 11) is 0. The van der Waals surface area contributed by atoms with Gasteiger partial charge in [0.2, 0.25) is 0 Å². The second-order valence-corrected chi connectivity index (χ2v) is 4.36. The van der Waals surface area contributed by atoms with Crippen LogP contribution in [-0.2, 0) is 6.18 Å². The normalized spacial score (nSPS) is 11.0. The van der Waals surface area contributed by atoms with Gasteiger partial charge in [-0.25, -0.2) is 9.37 Å². The summed E-state index contributed by atoms with van der Waals surface area (Å²) in [6.07, 6.45) is -4.66. The zero-order valence-electron chi connectivity index (χ0n) is 10.2. The van der Waals surface area contributed by atoms with E-state index in [0.717, 1.165) is 18.2 Å². The summed E-state index contributed by atoms with van der Waals surface area (Å²) in [5.74, 6) is -0.979. The van der Waals surface area contributed by atoms with Crippen LogP contribution in [0.4, 0.5) is 29.1 Å². The van der Waals surface area contributed by atoms with Crippen molar-refractivity contribution in [1.29, 1.82) is 5.26 Å². The maximum absolute atomic E-state index is 13.1. The molecule has 0 amide bonds. The third-order valence-electron chi connectivity index (χ3n) is 2.49. The second-order valence-electron chi connectivity index (χ2n) is 3.95. The number of hydrogen-bond donors (Lipinski definition) is 1. The highest BCUT2D eigenvalue weighted by Crippen LogP contribution is 2.31. The van der Waals surface area contributed by atoms with E-state index in [1.807, 2.05) is 0 Å². The molecule has 2 rings (SSSR count). The molecule has 1 aromatic heterocycles. The van der Waals surface area contributed by atoms with Crippen LogP contribution in [-0.4, -0.2) is 4.98 Å². The highest BCUT2D eigenvalue weighted by atomic mass is 35.5. The van der Waals surface area contributed by atoms with Crippen LogP contribution >= 0.6 is 11.6 Å². The van der Waals surface area contributed by atoms with E-state index in [1.165, 1.54) is 6.07 Å². The van der Waals surface area contributed by atoms with Crippen LogP contribution in [0.3, 0.4) is 0 Å². The minimum atomic E-state index is -4.66. The quantitative estimate of drug-likeness (QED) is 0.830. The number of hydrogen-bond acceptors (Lipinski definition) is 3. The lowest BCUT2D eigenvalue weighted by atomic mass is 10.2. The summed E-state index contributed by atoms with van der Waals surface area (Å²) in [5.41, 5.74) is -1.28. The summed E-state index contributed by atoms with van der Waals surface area (Å²) >= 11 is 5.81. The predicted octanol–water partition coefficient (Wildman–Crippen LogP) is 4.51. The van der Waals surface area contributed by atoms with E-state index in [1.54, 1.807) is 6.07 Å². The lowest BCUT2D eigenvalue weighted by Gasteiger charge is -2.12. The number of alkyl halides is 3. The molecule has 0 bridgehead atoms. The minimum absolute atomic E-state index is 0.0139. The molecule has 108 valence electrons. The Morgan fingerprint density at radius 3 is 2.52 bits per heavy atom. The molecule has 0 aliphatic carbocycles. The summed E-state index contributed by atoms with van der Waals surface area (Å²) in [6, 6.07) is 6.69. The third-order valence-corrected chi connectivity index (χ3v) is 2.82. The van der Waals surface area contributed by atoms with E-state index in [4.69, 9.17) is 16.9 Å². The molecule has 0 aliphatic rings. The van der Waals surface area contributed by atoms with Gasteiger partial charge in [-0.15, -0.1) is 0 Å². The maximum Gasteiger partial charge on any atom is 0.433 e. The molecule has 0 spiro atoms. The first-order valence-electron chi connectivity index (χ1n) is 5.51. The third kappa shape index (κ3) is 3.41. The van der Waals surface area contributed by atoms with Crippen molar-refractivity contribution >= 4 is 23.1 Å². The fraction of sp³-hybridized carbons (Fsp3) is 0.0769. The number of pyridine rings is 1. The van der Waals surface area contributed by atoms with Crippen molar-refractivity contribution in [2.75, 3.05) is 5.32 Å². The number of halogens is 5. The molecule has 0 saturated carbocycles. The van der Waals surface area contributed by atoms with Crippen LogP contribution in [0, 0.1) is 17.1 Å². The van der Waals surface area contributed by atoms with Crippen molar-refractivity contribution in [1.82, 2.24) is 4.98 Å². The molecule has 1 aromatic carbocycles. The van der Waals surface area contributed by atoms with Gasteiger partial charge < -0.3 is 5.32 Å². The van der Waals surface area contributed by atoms with Crippen LogP contribution in [0.5, 0.6) is 0 Å². The predicted molar refractivity (Wildman–Crippen MR) is 68.6 cm³/mol. The average Bonchev–Trinajstić information content (AvgIpc) is 2.42. The average molecular weight is 316 g/mol. The van der Waals surface area contributed by atoms with E-state index >= 15 is 0 Å². The molecule has 0 saturated heterocycles. The Hall–Kier alpha value is -2.33. The van der Waals surface area contributed by atoms with E-state index < -0.39 is 17.7 Å². The smallest absolute Gasteiger partial charge is 0.338 e. The summed E-state index contributed by atoms with van der Waals surface area (Å²) in [4.78, 5) is 3.34. The molecular weight excluding hydrogens is 310 g/mol. The number of aromatic nitrogens is 1. The summed E-state index contributed by atoms with van der Waals surface area (Å²) < 4.78 is 51.0. The molecule has 0 atom stereocenters. The van der Waals surface area contributed by atoms with Gasteiger partial charge in [0, 0.05) is 0 Å². The topological polar surface area (TPSA) is 48.7 Å². The zero-order chi connectivity index (χ0) is 15.6. The van der Waals surface area contributed by atoms with Gasteiger partial charge in [-0.3, -0.25) is 0 Å². The number of nitriles is 1. The Labute approximate surface area is 121 Å². The summed E-state index contributed by atoms with van der Waals surface area (Å²) in [6.45, 7) is 0. The first kappa shape index (κ1) is 15.1. The van der Waals surface area contributed by atoms with Gasteiger partial charge in [0.05, 0.1) is 16.3 Å². The maximum atomic E-state index is 13.1. The lowest BCUT2D eigenvalue weighted by molar-refractivity contribution is -0.141. The molecule has 1 N–H and O–H groups in total. The van der Waals surface area contributed by atoms with Gasteiger partial charge in [-0.1, -0.05) is 11.6 Å². The molecule has 0 fully saturated rings.